The summed E-state index contributed by atoms with van der Waals surface area (Å²) in [5, 5.41) is 2.08. The fraction of sp³-hybridized carbons (Fsp3) is 0.250. The quantitative estimate of drug-likeness (QED) is 0.546. The monoisotopic (exact) mass is 366 g/mol. The van der Waals surface area contributed by atoms with E-state index in [1.54, 1.807) is 11.3 Å². The highest BCUT2D eigenvalue weighted by atomic mass is 127. The molecular formula is C12H12ClIOS. The Labute approximate surface area is 115 Å². The molecule has 0 fully saturated rings. The first-order valence-electron chi connectivity index (χ1n) is 4.98. The number of ether oxygens (including phenoxy) is 1. The van der Waals surface area contributed by atoms with E-state index >= 15 is 0 Å². The number of rotatable bonds is 5. The van der Waals surface area contributed by atoms with Crippen molar-refractivity contribution in [3.63, 3.8) is 0 Å². The molecule has 0 spiro atoms. The van der Waals surface area contributed by atoms with E-state index in [4.69, 9.17) is 16.3 Å². The maximum atomic E-state index is 5.98. The Bertz CT molecular complexity index is 409. The smallest absolute Gasteiger partial charge is 0.134 e. The molecule has 1 aliphatic heterocycles. The molecule has 1 unspecified atom stereocenters. The standard InChI is InChI=1S/C12H12ClIOS/c13-6-5-11(12-4-2-8-16-12)15-10-3-1-7-14-9-10/h1-4,7-9,11H,5-6H2. The van der Waals surface area contributed by atoms with Crippen molar-refractivity contribution in [2.24, 2.45) is 0 Å². The molecule has 4 heteroatoms. The highest BCUT2D eigenvalue weighted by molar-refractivity contribution is 14.2. The van der Waals surface area contributed by atoms with E-state index in [0.717, 1.165) is 12.2 Å². The predicted octanol–water partition coefficient (Wildman–Crippen LogP) is 4.62. The molecule has 1 aromatic heterocycles. The van der Waals surface area contributed by atoms with Crippen molar-refractivity contribution in [2.75, 3.05) is 5.88 Å². The summed E-state index contributed by atoms with van der Waals surface area (Å²) in [6, 6.07) is 4.16. The number of halogens is 2. The van der Waals surface area contributed by atoms with Gasteiger partial charge in [-0.25, -0.2) is 0 Å². The van der Waals surface area contributed by atoms with Gasteiger partial charge in [-0.2, -0.15) is 0 Å². The molecule has 2 rings (SSSR count). The topological polar surface area (TPSA) is 9.23 Å². The van der Waals surface area contributed by atoms with Gasteiger partial charge in [0.1, 0.15) is 11.9 Å². The van der Waals surface area contributed by atoms with Gasteiger partial charge in [-0.15, -0.1) is 22.9 Å². The number of hydrogen-bond acceptors (Lipinski definition) is 2. The van der Waals surface area contributed by atoms with Crippen LogP contribution in [0.15, 0.2) is 39.5 Å². The largest absolute Gasteiger partial charge is 0.484 e. The van der Waals surface area contributed by atoms with Gasteiger partial charge in [-0.3, -0.25) is 0 Å². The Morgan fingerprint density at radius 3 is 3.06 bits per heavy atom. The van der Waals surface area contributed by atoms with Gasteiger partial charge in [0, 0.05) is 21.3 Å². The molecule has 0 amide bonds. The van der Waals surface area contributed by atoms with Crippen molar-refractivity contribution in [2.45, 2.75) is 12.5 Å². The van der Waals surface area contributed by atoms with Crippen LogP contribution >= 0.6 is 43.7 Å². The maximum absolute atomic E-state index is 5.98. The summed E-state index contributed by atoms with van der Waals surface area (Å²) in [6.45, 7) is 0. The van der Waals surface area contributed by atoms with Crippen LogP contribution in [0.3, 0.4) is 0 Å². The van der Waals surface area contributed by atoms with Crippen molar-refractivity contribution in [1.29, 1.82) is 0 Å². The normalized spacial score (nSPS) is 16.4. The first-order valence-corrected chi connectivity index (χ1v) is 8.89. The lowest BCUT2D eigenvalue weighted by Gasteiger charge is -2.17. The highest BCUT2D eigenvalue weighted by Gasteiger charge is 2.14. The minimum atomic E-state index is 0.0459. The van der Waals surface area contributed by atoms with Gasteiger partial charge in [-0.1, -0.05) is 32.9 Å². The summed E-state index contributed by atoms with van der Waals surface area (Å²) < 4.78 is 10.4. The number of allylic oxidation sites excluding steroid dienone is 2. The van der Waals surface area contributed by atoms with Crippen LogP contribution in [0.2, 0.25) is 0 Å². The Balaban J connectivity index is 2.06. The summed E-state index contributed by atoms with van der Waals surface area (Å²) in [4.78, 5) is 1.25. The van der Waals surface area contributed by atoms with Crippen molar-refractivity contribution in [3.05, 3.63) is 44.4 Å². The first kappa shape index (κ1) is 12.3. The fourth-order valence-electron chi connectivity index (χ4n) is 1.37. The predicted molar refractivity (Wildman–Crippen MR) is 80.8 cm³/mol. The van der Waals surface area contributed by atoms with Crippen LogP contribution in [0.1, 0.15) is 17.4 Å². The third kappa shape index (κ3) is 3.43. The SMILES string of the molecule is ClCCC(OC1=CI=CC=C1)c1cccs1. The summed E-state index contributed by atoms with van der Waals surface area (Å²) >= 11 is 7.59. The summed E-state index contributed by atoms with van der Waals surface area (Å²) in [7, 11) is 0. The molecule has 0 aromatic carbocycles. The van der Waals surface area contributed by atoms with Crippen molar-refractivity contribution in [1.82, 2.24) is 0 Å². The number of alkyl halides is 1. The average Bonchev–Trinajstić information content (AvgIpc) is 2.83. The number of hydrogen-bond donors (Lipinski definition) is 0. The van der Waals surface area contributed by atoms with Crippen LogP contribution in [0.4, 0.5) is 0 Å². The molecule has 0 bridgehead atoms. The third-order valence-electron chi connectivity index (χ3n) is 2.09. The zero-order chi connectivity index (χ0) is 11.2. The molecule has 2 heterocycles. The summed E-state index contributed by atoms with van der Waals surface area (Å²) in [6.07, 6.45) is 5.07. The average molecular weight is 367 g/mol. The van der Waals surface area contributed by atoms with Gasteiger partial charge in [0.25, 0.3) is 0 Å². The molecule has 1 aromatic rings. The van der Waals surface area contributed by atoms with Gasteiger partial charge >= 0.3 is 0 Å². The van der Waals surface area contributed by atoms with Crippen molar-refractivity contribution >= 4 is 47.7 Å². The molecule has 0 radical (unpaired) electrons. The lowest BCUT2D eigenvalue weighted by Crippen LogP contribution is -2.03. The van der Waals surface area contributed by atoms with Crippen LogP contribution in [0.5, 0.6) is 0 Å². The minimum absolute atomic E-state index is 0.0459. The Morgan fingerprint density at radius 2 is 2.44 bits per heavy atom. The molecule has 0 aliphatic carbocycles. The molecule has 86 valence electrons. The summed E-state index contributed by atoms with van der Waals surface area (Å²) in [5.74, 6) is 1.62. The second kappa shape index (κ2) is 6.57. The number of thiophene rings is 1. The lowest BCUT2D eigenvalue weighted by atomic mass is 10.2. The summed E-state index contributed by atoms with van der Waals surface area (Å²) in [5.41, 5.74) is 0. The van der Waals surface area contributed by atoms with Crippen LogP contribution in [0, 0.1) is 0 Å². The Kier molecular flexibility index (Phi) is 5.06. The molecule has 0 saturated heterocycles. The molecule has 1 atom stereocenters. The zero-order valence-corrected chi connectivity index (χ0v) is 12.3. The zero-order valence-electron chi connectivity index (χ0n) is 8.61. The van der Waals surface area contributed by atoms with Crippen LogP contribution < -0.4 is 0 Å². The second-order valence-corrected chi connectivity index (χ2v) is 6.64. The van der Waals surface area contributed by atoms with Crippen LogP contribution in [0.25, 0.3) is 0 Å². The minimum Gasteiger partial charge on any atom is -0.484 e. The molecule has 0 saturated carbocycles. The van der Waals surface area contributed by atoms with Gasteiger partial charge in [0.05, 0.1) is 0 Å². The van der Waals surface area contributed by atoms with Gasteiger partial charge < -0.3 is 4.74 Å². The van der Waals surface area contributed by atoms with Gasteiger partial charge in [0.15, 0.2) is 0 Å². The van der Waals surface area contributed by atoms with E-state index in [0.29, 0.717) is 5.88 Å². The van der Waals surface area contributed by atoms with E-state index in [9.17, 15) is 0 Å². The van der Waals surface area contributed by atoms with Gasteiger partial charge in [-0.05, 0) is 21.5 Å². The highest BCUT2D eigenvalue weighted by Crippen LogP contribution is 2.29. The van der Waals surface area contributed by atoms with Crippen molar-refractivity contribution < 1.29 is 4.74 Å². The van der Waals surface area contributed by atoms with Crippen LogP contribution in [-0.4, -0.2) is 9.89 Å². The Hall–Kier alpha value is -0.130. The first-order chi connectivity index (χ1) is 7.90. The molecule has 0 N–H and O–H groups in total. The van der Waals surface area contributed by atoms with E-state index in [2.05, 4.69) is 31.7 Å². The second-order valence-electron chi connectivity index (χ2n) is 3.22. The molecule has 1 nitrogen and oxygen atoms in total. The fourth-order valence-corrected chi connectivity index (χ4v) is 3.72. The molecule has 16 heavy (non-hydrogen) atoms. The molecule has 1 aliphatic rings. The third-order valence-corrected chi connectivity index (χ3v) is 5.07. The Morgan fingerprint density at radius 1 is 1.50 bits per heavy atom. The van der Waals surface area contributed by atoms with E-state index in [1.165, 1.54) is 4.88 Å². The molecular weight excluding hydrogens is 355 g/mol. The maximum Gasteiger partial charge on any atom is 0.134 e. The van der Waals surface area contributed by atoms with Gasteiger partial charge in [0.2, 0.25) is 0 Å². The lowest BCUT2D eigenvalue weighted by molar-refractivity contribution is 0.127. The van der Waals surface area contributed by atoms with Crippen molar-refractivity contribution in [3.8, 4) is 0 Å². The van der Waals surface area contributed by atoms with Crippen LogP contribution in [-0.2, 0) is 4.74 Å². The van der Waals surface area contributed by atoms with E-state index in [-0.39, 0.29) is 26.8 Å². The van der Waals surface area contributed by atoms with E-state index in [1.807, 2.05) is 6.08 Å². The van der Waals surface area contributed by atoms with E-state index < -0.39 is 0 Å².